The SMILES string of the molecule is C[C@H](NC(=O)Nc1cccc2ccccc12)C(=O)NCCS. The van der Waals surface area contributed by atoms with Crippen LogP contribution in [0.15, 0.2) is 42.5 Å². The second-order valence-corrected chi connectivity index (χ2v) is 5.31. The number of carbonyl (C=O) groups is 2. The van der Waals surface area contributed by atoms with Crippen molar-refractivity contribution in [2.24, 2.45) is 0 Å². The molecule has 6 heteroatoms. The van der Waals surface area contributed by atoms with Gasteiger partial charge in [-0.3, -0.25) is 4.79 Å². The Labute approximate surface area is 134 Å². The molecule has 2 aromatic carbocycles. The van der Waals surface area contributed by atoms with Gasteiger partial charge < -0.3 is 16.0 Å². The monoisotopic (exact) mass is 317 g/mol. The van der Waals surface area contributed by atoms with E-state index in [2.05, 4.69) is 28.6 Å². The van der Waals surface area contributed by atoms with Gasteiger partial charge in [0, 0.05) is 17.7 Å². The molecule has 2 aromatic rings. The van der Waals surface area contributed by atoms with E-state index in [1.54, 1.807) is 6.92 Å². The maximum Gasteiger partial charge on any atom is 0.319 e. The van der Waals surface area contributed by atoms with Crippen molar-refractivity contribution >= 4 is 41.0 Å². The third-order valence-electron chi connectivity index (χ3n) is 3.19. The van der Waals surface area contributed by atoms with Crippen LogP contribution >= 0.6 is 12.6 Å². The summed E-state index contributed by atoms with van der Waals surface area (Å²) in [6, 6.07) is 12.4. The van der Waals surface area contributed by atoms with E-state index in [0.717, 1.165) is 10.8 Å². The van der Waals surface area contributed by atoms with Gasteiger partial charge in [0.05, 0.1) is 5.69 Å². The number of carbonyl (C=O) groups excluding carboxylic acids is 2. The number of nitrogens with one attached hydrogen (secondary N) is 3. The number of benzene rings is 2. The van der Waals surface area contributed by atoms with Gasteiger partial charge in [-0.15, -0.1) is 0 Å². The van der Waals surface area contributed by atoms with Crippen LogP contribution in [0.2, 0.25) is 0 Å². The van der Waals surface area contributed by atoms with E-state index in [1.807, 2.05) is 42.5 Å². The summed E-state index contributed by atoms with van der Waals surface area (Å²) in [5.74, 6) is 0.322. The molecule has 0 saturated carbocycles. The van der Waals surface area contributed by atoms with Crippen LogP contribution in [0.1, 0.15) is 6.92 Å². The molecule has 0 spiro atoms. The Hall–Kier alpha value is -2.21. The Bertz CT molecular complexity index is 670. The molecule has 0 aliphatic rings. The van der Waals surface area contributed by atoms with Gasteiger partial charge in [-0.25, -0.2) is 4.79 Å². The summed E-state index contributed by atoms with van der Waals surface area (Å²) in [6.45, 7) is 2.11. The molecule has 0 heterocycles. The molecule has 0 aliphatic heterocycles. The van der Waals surface area contributed by atoms with Gasteiger partial charge in [0.1, 0.15) is 6.04 Å². The highest BCUT2D eigenvalue weighted by atomic mass is 32.1. The first-order valence-electron chi connectivity index (χ1n) is 7.05. The molecule has 0 unspecified atom stereocenters. The van der Waals surface area contributed by atoms with Gasteiger partial charge in [-0.05, 0) is 18.4 Å². The number of urea groups is 1. The zero-order valence-electron chi connectivity index (χ0n) is 12.3. The van der Waals surface area contributed by atoms with Crippen LogP contribution in [0, 0.1) is 0 Å². The number of fused-ring (bicyclic) bond motifs is 1. The van der Waals surface area contributed by atoms with Gasteiger partial charge in [0.15, 0.2) is 0 Å². The summed E-state index contributed by atoms with van der Waals surface area (Å²) in [5, 5.41) is 10.1. The van der Waals surface area contributed by atoms with Crippen LogP contribution in [-0.2, 0) is 4.79 Å². The van der Waals surface area contributed by atoms with Crippen LogP contribution in [0.25, 0.3) is 10.8 Å². The molecule has 5 nitrogen and oxygen atoms in total. The second-order valence-electron chi connectivity index (χ2n) is 4.86. The van der Waals surface area contributed by atoms with Crippen LogP contribution in [-0.4, -0.2) is 30.3 Å². The average Bonchev–Trinajstić information content (AvgIpc) is 2.52. The van der Waals surface area contributed by atoms with E-state index in [4.69, 9.17) is 0 Å². The first-order valence-corrected chi connectivity index (χ1v) is 7.69. The fourth-order valence-corrected chi connectivity index (χ4v) is 2.20. The Kier molecular flexibility index (Phi) is 5.66. The first kappa shape index (κ1) is 16.2. The lowest BCUT2D eigenvalue weighted by molar-refractivity contribution is -0.122. The number of anilines is 1. The average molecular weight is 317 g/mol. The zero-order chi connectivity index (χ0) is 15.9. The van der Waals surface area contributed by atoms with E-state index in [0.29, 0.717) is 18.0 Å². The summed E-state index contributed by atoms with van der Waals surface area (Å²) < 4.78 is 0. The molecule has 0 radical (unpaired) electrons. The lowest BCUT2D eigenvalue weighted by Crippen LogP contribution is -2.46. The highest BCUT2D eigenvalue weighted by Gasteiger charge is 2.15. The minimum Gasteiger partial charge on any atom is -0.354 e. The molecule has 22 heavy (non-hydrogen) atoms. The summed E-state index contributed by atoms with van der Waals surface area (Å²) in [6.07, 6.45) is 0. The molecule has 0 saturated heterocycles. The van der Waals surface area contributed by atoms with Gasteiger partial charge in [-0.1, -0.05) is 36.4 Å². The van der Waals surface area contributed by atoms with Crippen LogP contribution < -0.4 is 16.0 Å². The summed E-state index contributed by atoms with van der Waals surface area (Å²) in [4.78, 5) is 23.7. The molecule has 0 aliphatic carbocycles. The standard InChI is InChI=1S/C16H19N3O2S/c1-11(15(20)17-9-10-22)18-16(21)19-14-8-4-6-12-5-2-3-7-13(12)14/h2-8,11,22H,9-10H2,1H3,(H,17,20)(H2,18,19,21)/t11-/m0/s1. The summed E-state index contributed by atoms with van der Waals surface area (Å²) in [7, 11) is 0. The van der Waals surface area contributed by atoms with Crippen LogP contribution in [0.4, 0.5) is 10.5 Å². The number of amides is 3. The van der Waals surface area contributed by atoms with E-state index in [-0.39, 0.29) is 5.91 Å². The van der Waals surface area contributed by atoms with Crippen molar-refractivity contribution in [3.63, 3.8) is 0 Å². The summed E-state index contributed by atoms with van der Waals surface area (Å²) in [5.41, 5.74) is 0.707. The molecule has 3 amide bonds. The number of rotatable bonds is 5. The largest absolute Gasteiger partial charge is 0.354 e. The van der Waals surface area contributed by atoms with Crippen molar-refractivity contribution in [1.82, 2.24) is 10.6 Å². The highest BCUT2D eigenvalue weighted by molar-refractivity contribution is 7.80. The van der Waals surface area contributed by atoms with Crippen molar-refractivity contribution in [3.8, 4) is 0 Å². The van der Waals surface area contributed by atoms with E-state index in [9.17, 15) is 9.59 Å². The Morgan fingerprint density at radius 3 is 2.64 bits per heavy atom. The number of thiol groups is 1. The minimum atomic E-state index is -0.616. The summed E-state index contributed by atoms with van der Waals surface area (Å²) >= 11 is 4.02. The Morgan fingerprint density at radius 2 is 1.86 bits per heavy atom. The van der Waals surface area contributed by atoms with E-state index >= 15 is 0 Å². The maximum atomic E-state index is 12.0. The van der Waals surface area contributed by atoms with Gasteiger partial charge >= 0.3 is 6.03 Å². The van der Waals surface area contributed by atoms with Gasteiger partial charge in [0.25, 0.3) is 0 Å². The topological polar surface area (TPSA) is 70.2 Å². The molecular formula is C16H19N3O2S. The smallest absolute Gasteiger partial charge is 0.319 e. The van der Waals surface area contributed by atoms with Crippen molar-refractivity contribution < 1.29 is 9.59 Å². The predicted octanol–water partition coefficient (Wildman–Crippen LogP) is 2.40. The lowest BCUT2D eigenvalue weighted by Gasteiger charge is -2.15. The van der Waals surface area contributed by atoms with Gasteiger partial charge in [-0.2, -0.15) is 12.6 Å². The second kappa shape index (κ2) is 7.70. The van der Waals surface area contributed by atoms with Crippen molar-refractivity contribution in [3.05, 3.63) is 42.5 Å². The van der Waals surface area contributed by atoms with Crippen LogP contribution in [0.3, 0.4) is 0 Å². The van der Waals surface area contributed by atoms with E-state index in [1.165, 1.54) is 0 Å². The quantitative estimate of drug-likeness (QED) is 0.640. The zero-order valence-corrected chi connectivity index (χ0v) is 13.2. The molecule has 116 valence electrons. The first-order chi connectivity index (χ1) is 10.6. The number of hydrogen-bond acceptors (Lipinski definition) is 3. The van der Waals surface area contributed by atoms with Gasteiger partial charge in [0.2, 0.25) is 5.91 Å². The fourth-order valence-electron chi connectivity index (χ4n) is 2.09. The molecule has 3 N–H and O–H groups in total. The molecule has 0 fully saturated rings. The molecule has 1 atom stereocenters. The Morgan fingerprint density at radius 1 is 1.14 bits per heavy atom. The predicted molar refractivity (Wildman–Crippen MR) is 92.4 cm³/mol. The molecule has 2 rings (SSSR count). The van der Waals surface area contributed by atoms with Crippen LogP contribution in [0.5, 0.6) is 0 Å². The highest BCUT2D eigenvalue weighted by Crippen LogP contribution is 2.22. The van der Waals surface area contributed by atoms with Crippen molar-refractivity contribution in [1.29, 1.82) is 0 Å². The number of hydrogen-bond donors (Lipinski definition) is 4. The maximum absolute atomic E-state index is 12.0. The van der Waals surface area contributed by atoms with E-state index < -0.39 is 12.1 Å². The molecule has 0 bridgehead atoms. The fraction of sp³-hybridized carbons (Fsp3) is 0.250. The third-order valence-corrected chi connectivity index (χ3v) is 3.41. The normalized spacial score (nSPS) is 11.7. The molecular weight excluding hydrogens is 298 g/mol. The Balaban J connectivity index is 2.00. The molecule has 0 aromatic heterocycles. The minimum absolute atomic E-state index is 0.234. The lowest BCUT2D eigenvalue weighted by atomic mass is 10.1. The van der Waals surface area contributed by atoms with Crippen molar-refractivity contribution in [2.75, 3.05) is 17.6 Å². The van der Waals surface area contributed by atoms with Crippen molar-refractivity contribution in [2.45, 2.75) is 13.0 Å². The third kappa shape index (κ3) is 4.14.